The van der Waals surface area contributed by atoms with E-state index in [1.165, 1.54) is 12.7 Å². The summed E-state index contributed by atoms with van der Waals surface area (Å²) in [5.41, 5.74) is 1.07. The molecule has 2 atom stereocenters. The minimum absolute atomic E-state index is 0.231. The first-order chi connectivity index (χ1) is 26.7. The molecule has 0 amide bonds. The second kappa shape index (κ2) is 14.7. The largest absolute Gasteiger partial charge is 0.439 e. The van der Waals surface area contributed by atoms with Gasteiger partial charge in [-0.25, -0.2) is 24.9 Å². The van der Waals surface area contributed by atoms with Crippen molar-refractivity contribution >= 4 is 57.3 Å². The van der Waals surface area contributed by atoms with Gasteiger partial charge in [0.25, 0.3) is 0 Å². The summed E-state index contributed by atoms with van der Waals surface area (Å²) < 4.78 is 44.9. The van der Waals surface area contributed by atoms with Crippen LogP contribution in [0.3, 0.4) is 0 Å². The second-order valence-electron chi connectivity index (χ2n) is 13.7. The topological polar surface area (TPSA) is 122 Å². The van der Waals surface area contributed by atoms with Crippen LogP contribution in [-0.4, -0.2) is 40.8 Å². The van der Waals surface area contributed by atoms with Crippen LogP contribution in [0, 0.1) is 0 Å². The number of hydrogen-bond donors (Lipinski definition) is 0. The Bertz CT molecular complexity index is 2570. The molecule has 8 aromatic rings. The zero-order valence-electron chi connectivity index (χ0n) is 30.7. The fourth-order valence-corrected chi connectivity index (χ4v) is 12.5. The van der Waals surface area contributed by atoms with Crippen LogP contribution in [-0.2, 0) is 9.13 Å². The summed E-state index contributed by atoms with van der Waals surface area (Å²) >= 11 is 0. The molecule has 0 radical (unpaired) electrons. The fourth-order valence-electron chi connectivity index (χ4n) is 7.03. The second-order valence-corrected chi connectivity index (χ2v) is 20.5. The van der Waals surface area contributed by atoms with E-state index < -0.39 is 14.3 Å². The number of aromatic nitrogens is 6. The van der Waals surface area contributed by atoms with Crippen molar-refractivity contribution < 1.29 is 18.6 Å². The molecule has 0 spiro atoms. The molecule has 0 fully saturated rings. The van der Waals surface area contributed by atoms with Crippen LogP contribution in [0.2, 0.25) is 0 Å². The summed E-state index contributed by atoms with van der Waals surface area (Å²) in [5.74, 6) is 2.39. The molecule has 0 saturated heterocycles. The van der Waals surface area contributed by atoms with Gasteiger partial charge in [-0.3, -0.25) is 4.57 Å². The van der Waals surface area contributed by atoms with E-state index in [1.54, 1.807) is 24.5 Å². The average Bonchev–Trinajstić information content (AvgIpc) is 3.54. The monoisotopic (exact) mass is 764 g/mol. The highest BCUT2D eigenvalue weighted by Gasteiger charge is 2.34. The van der Waals surface area contributed by atoms with E-state index >= 15 is 9.13 Å². The van der Waals surface area contributed by atoms with Crippen LogP contribution in [0.15, 0.2) is 146 Å². The lowest BCUT2D eigenvalue weighted by Crippen LogP contribution is -2.23. The third-order valence-corrected chi connectivity index (χ3v) is 16.8. The van der Waals surface area contributed by atoms with Gasteiger partial charge in [0, 0.05) is 67.8 Å². The van der Waals surface area contributed by atoms with Gasteiger partial charge in [-0.15, -0.1) is 0 Å². The Morgan fingerprint density at radius 2 is 0.964 bits per heavy atom. The normalized spacial score (nSPS) is 13.9. The molecule has 0 bridgehead atoms. The summed E-state index contributed by atoms with van der Waals surface area (Å²) in [5, 5.41) is 4.54. The zero-order valence-corrected chi connectivity index (χ0v) is 32.5. The molecule has 2 unspecified atom stereocenters. The van der Waals surface area contributed by atoms with Crippen LogP contribution >= 0.6 is 14.3 Å². The summed E-state index contributed by atoms with van der Waals surface area (Å²) in [6.07, 6.45) is 6.24. The number of benzene rings is 4. The molecular weight excluding hydrogens is 726 g/mol. The number of rotatable bonds is 11. The third-order valence-electron chi connectivity index (χ3n) is 9.76. The SMILES string of the molecule is CC(C)P(=O)(c1cccc(Oc2ccccn2)c1)c1ccc2c3ccc(P(=O)(c4cccc(Oc5ccccn5)c4)C(C)C)cc3n(-c3ncncn3)c2c1. The minimum Gasteiger partial charge on any atom is -0.439 e. The fraction of sp³-hybridized carbons (Fsp3) is 0.140. The number of fused-ring (bicyclic) bond motifs is 3. The van der Waals surface area contributed by atoms with Crippen molar-refractivity contribution in [3.05, 3.63) is 146 Å². The average molecular weight is 765 g/mol. The van der Waals surface area contributed by atoms with E-state index in [1.807, 2.05) is 141 Å². The van der Waals surface area contributed by atoms with Gasteiger partial charge in [0.1, 0.15) is 38.4 Å². The Kier molecular flexibility index (Phi) is 9.64. The molecule has 4 aromatic carbocycles. The summed E-state index contributed by atoms with van der Waals surface area (Å²) in [6.45, 7) is 7.91. The van der Waals surface area contributed by atoms with Crippen molar-refractivity contribution in [2.24, 2.45) is 0 Å². The van der Waals surface area contributed by atoms with Gasteiger partial charge in [0.15, 0.2) is 0 Å². The predicted octanol–water partition coefficient (Wildman–Crippen LogP) is 8.79. The molecule has 274 valence electrons. The van der Waals surface area contributed by atoms with Gasteiger partial charge in [0.2, 0.25) is 17.7 Å². The van der Waals surface area contributed by atoms with E-state index in [9.17, 15) is 0 Å². The van der Waals surface area contributed by atoms with E-state index in [-0.39, 0.29) is 11.3 Å². The highest BCUT2D eigenvalue weighted by Crippen LogP contribution is 2.51. The van der Waals surface area contributed by atoms with Crippen molar-refractivity contribution in [3.63, 3.8) is 0 Å². The van der Waals surface area contributed by atoms with Crippen LogP contribution in [0.25, 0.3) is 27.8 Å². The van der Waals surface area contributed by atoms with Crippen molar-refractivity contribution in [3.8, 4) is 29.2 Å². The van der Waals surface area contributed by atoms with Gasteiger partial charge in [-0.1, -0.05) is 88.4 Å². The Labute approximate surface area is 319 Å². The van der Waals surface area contributed by atoms with E-state index in [2.05, 4.69) is 24.9 Å². The quantitative estimate of drug-likeness (QED) is 0.119. The first-order valence-electron chi connectivity index (χ1n) is 18.0. The smallest absolute Gasteiger partial charge is 0.237 e. The molecule has 0 N–H and O–H groups in total. The summed E-state index contributed by atoms with van der Waals surface area (Å²) in [4.78, 5) is 21.7. The third kappa shape index (κ3) is 6.62. The predicted molar refractivity (Wildman–Crippen MR) is 220 cm³/mol. The van der Waals surface area contributed by atoms with Crippen molar-refractivity contribution in [1.29, 1.82) is 0 Å². The van der Waals surface area contributed by atoms with Crippen LogP contribution < -0.4 is 30.7 Å². The lowest BCUT2D eigenvalue weighted by Gasteiger charge is -2.24. The van der Waals surface area contributed by atoms with Gasteiger partial charge in [-0.05, 0) is 48.5 Å². The minimum atomic E-state index is -3.23. The Morgan fingerprint density at radius 3 is 1.38 bits per heavy atom. The van der Waals surface area contributed by atoms with E-state index in [4.69, 9.17) is 9.47 Å². The summed E-state index contributed by atoms with van der Waals surface area (Å²) in [7, 11) is -6.47. The lowest BCUT2D eigenvalue weighted by atomic mass is 10.1. The first kappa shape index (κ1) is 36.0. The van der Waals surface area contributed by atoms with Crippen molar-refractivity contribution in [1.82, 2.24) is 29.5 Å². The molecule has 0 aliphatic heterocycles. The highest BCUT2D eigenvalue weighted by molar-refractivity contribution is 7.79. The molecular formula is C43H38N6O4P2. The van der Waals surface area contributed by atoms with Crippen molar-refractivity contribution in [2.75, 3.05) is 0 Å². The van der Waals surface area contributed by atoms with Gasteiger partial charge < -0.3 is 18.6 Å². The lowest BCUT2D eigenvalue weighted by molar-refractivity contribution is 0.463. The van der Waals surface area contributed by atoms with Crippen LogP contribution in [0.5, 0.6) is 23.3 Å². The Morgan fingerprint density at radius 1 is 0.509 bits per heavy atom. The van der Waals surface area contributed by atoms with E-state index in [0.717, 1.165) is 21.8 Å². The van der Waals surface area contributed by atoms with Gasteiger partial charge >= 0.3 is 0 Å². The zero-order chi connectivity index (χ0) is 38.2. The Balaban J connectivity index is 1.28. The molecule has 4 heterocycles. The molecule has 4 aromatic heterocycles. The molecule has 55 heavy (non-hydrogen) atoms. The molecule has 8 rings (SSSR count). The highest BCUT2D eigenvalue weighted by atomic mass is 31.2. The maximum Gasteiger partial charge on any atom is 0.237 e. The van der Waals surface area contributed by atoms with Crippen LogP contribution in [0.1, 0.15) is 27.7 Å². The molecule has 10 nitrogen and oxygen atoms in total. The number of pyridine rings is 2. The first-order valence-corrected chi connectivity index (χ1v) is 21.5. The number of nitrogens with zero attached hydrogens (tertiary/aromatic N) is 6. The van der Waals surface area contributed by atoms with Crippen LogP contribution in [0.4, 0.5) is 0 Å². The standard InChI is InChI=1S/C43H38N6O4P2/c1-29(2)54(50,33-13-9-11-31(23-33)52-41-15-5-7-21-45-41)35-17-19-37-38-20-18-36(26-40(38)49(39(37)25-35)43-47-27-44-28-48-43)55(51,30(3)4)34-14-10-12-32(24-34)53-42-16-6-8-22-46-42/h5-30H,1-4H3. The van der Waals surface area contributed by atoms with Gasteiger partial charge in [-0.2, -0.15) is 0 Å². The maximum absolute atomic E-state index is 15.4. The Hall–Kier alpha value is -5.95. The summed E-state index contributed by atoms with van der Waals surface area (Å²) in [6, 6.07) is 37.7. The molecule has 0 aliphatic rings. The molecule has 0 aliphatic carbocycles. The number of hydrogen-bond acceptors (Lipinski definition) is 9. The maximum atomic E-state index is 15.4. The van der Waals surface area contributed by atoms with E-state index in [0.29, 0.717) is 50.4 Å². The van der Waals surface area contributed by atoms with Crippen molar-refractivity contribution in [2.45, 2.75) is 39.0 Å². The number of ether oxygens (including phenoxy) is 2. The molecule has 12 heteroatoms. The van der Waals surface area contributed by atoms with Gasteiger partial charge in [0.05, 0.1) is 11.0 Å². The molecule has 0 saturated carbocycles.